The van der Waals surface area contributed by atoms with Gasteiger partial charge in [0.1, 0.15) is 0 Å². The van der Waals surface area contributed by atoms with E-state index >= 15 is 0 Å². The summed E-state index contributed by atoms with van der Waals surface area (Å²) in [6.07, 6.45) is 0.974. The molecule has 0 atom stereocenters. The second-order valence-electron chi connectivity index (χ2n) is 2.86. The van der Waals surface area contributed by atoms with Crippen LogP contribution in [-0.2, 0) is 13.3 Å². The molecule has 6 heteroatoms. The molecule has 0 heterocycles. The maximum Gasteiger partial charge on any atom is 0.501 e. The molecular weight excluding hydrogens is 200 g/mol. The van der Waals surface area contributed by atoms with Crippen LogP contribution in [0.2, 0.25) is 6.04 Å². The summed E-state index contributed by atoms with van der Waals surface area (Å²) in [6, 6.07) is 0.796. The van der Waals surface area contributed by atoms with Crippen LogP contribution in [0.4, 0.5) is 0 Å². The van der Waals surface area contributed by atoms with E-state index in [-0.39, 0.29) is 6.73 Å². The number of nitrogens with one attached hydrogen (secondary N) is 1. The minimum Gasteiger partial charge on any atom is -0.377 e. The Bertz CT molecular complexity index is 134. The van der Waals surface area contributed by atoms with Crippen molar-refractivity contribution >= 4 is 8.80 Å². The van der Waals surface area contributed by atoms with E-state index in [1.165, 1.54) is 0 Å². The Morgan fingerprint density at radius 1 is 1.29 bits per heavy atom. The monoisotopic (exact) mass is 222 g/mol. The fourth-order valence-corrected chi connectivity index (χ4v) is 3.03. The number of hydrogen-bond donors (Lipinski definition) is 2. The molecule has 0 amide bonds. The van der Waals surface area contributed by atoms with Gasteiger partial charge in [0.2, 0.25) is 0 Å². The number of nitrogens with two attached hydrogens (primary N) is 1. The highest BCUT2D eigenvalue weighted by Gasteiger charge is 2.37. The van der Waals surface area contributed by atoms with Gasteiger partial charge in [0, 0.05) is 20.3 Å². The van der Waals surface area contributed by atoms with Crippen LogP contribution in [0.25, 0.3) is 0 Å². The lowest BCUT2D eigenvalue weighted by Crippen LogP contribution is -2.45. The van der Waals surface area contributed by atoms with E-state index in [1.54, 1.807) is 14.2 Å². The first-order valence-corrected chi connectivity index (χ1v) is 6.83. The first-order valence-electron chi connectivity index (χ1n) is 4.89. The quantitative estimate of drug-likeness (QED) is 0.330. The van der Waals surface area contributed by atoms with Gasteiger partial charge in [-0.15, -0.1) is 0 Å². The van der Waals surface area contributed by atoms with Gasteiger partial charge in [-0.25, -0.2) is 0 Å². The first-order chi connectivity index (χ1) is 6.74. The Hall–Kier alpha value is 0.0169. The van der Waals surface area contributed by atoms with E-state index in [0.717, 1.165) is 25.6 Å². The molecule has 0 aliphatic heterocycles. The first kappa shape index (κ1) is 14.0. The van der Waals surface area contributed by atoms with Gasteiger partial charge in [-0.1, -0.05) is 6.92 Å². The van der Waals surface area contributed by atoms with Crippen molar-refractivity contribution in [3.05, 3.63) is 0 Å². The second kappa shape index (κ2) is 8.34. The molecule has 0 saturated carbocycles. The van der Waals surface area contributed by atoms with Crippen molar-refractivity contribution < 1.29 is 13.3 Å². The second-order valence-corrected chi connectivity index (χ2v) is 5.83. The van der Waals surface area contributed by atoms with E-state index in [4.69, 9.17) is 19.0 Å². The van der Waals surface area contributed by atoms with Gasteiger partial charge < -0.3 is 24.3 Å². The van der Waals surface area contributed by atoms with E-state index in [9.17, 15) is 0 Å². The van der Waals surface area contributed by atoms with Gasteiger partial charge in [0.15, 0.2) is 0 Å². The summed E-state index contributed by atoms with van der Waals surface area (Å²) in [5, 5.41) is 3.24. The highest BCUT2D eigenvalue weighted by Crippen LogP contribution is 2.14. The molecule has 0 bridgehead atoms. The van der Waals surface area contributed by atoms with Gasteiger partial charge in [0.05, 0.1) is 6.73 Å². The van der Waals surface area contributed by atoms with Crippen molar-refractivity contribution in [2.24, 2.45) is 5.73 Å². The molecule has 5 nitrogen and oxygen atoms in total. The molecular formula is C8H22N2O3Si. The summed E-state index contributed by atoms with van der Waals surface area (Å²) < 4.78 is 15.9. The average molecular weight is 222 g/mol. The van der Waals surface area contributed by atoms with Crippen molar-refractivity contribution in [2.45, 2.75) is 19.4 Å². The SMILES string of the molecule is CCNCCC[Si](OC)(OC)OCN. The number of rotatable bonds is 9. The Labute approximate surface area is 87.3 Å². The molecule has 0 aromatic rings. The fourth-order valence-electron chi connectivity index (χ4n) is 1.21. The van der Waals surface area contributed by atoms with Gasteiger partial charge in [-0.2, -0.15) is 0 Å². The zero-order valence-corrected chi connectivity index (χ0v) is 10.3. The smallest absolute Gasteiger partial charge is 0.377 e. The Kier molecular flexibility index (Phi) is 8.35. The summed E-state index contributed by atoms with van der Waals surface area (Å²) in [5.41, 5.74) is 5.33. The van der Waals surface area contributed by atoms with Gasteiger partial charge in [0.25, 0.3) is 0 Å². The maximum absolute atomic E-state index is 5.35. The van der Waals surface area contributed by atoms with Crippen molar-refractivity contribution in [3.63, 3.8) is 0 Å². The topological polar surface area (TPSA) is 65.7 Å². The molecule has 0 aromatic heterocycles. The predicted octanol–water partition coefficient (Wildman–Crippen LogP) is 0.151. The lowest BCUT2D eigenvalue weighted by Gasteiger charge is -2.25. The maximum atomic E-state index is 5.35. The van der Waals surface area contributed by atoms with E-state index in [0.29, 0.717) is 0 Å². The van der Waals surface area contributed by atoms with Crippen molar-refractivity contribution in [2.75, 3.05) is 34.0 Å². The normalized spacial score (nSPS) is 12.0. The Balaban J connectivity index is 3.82. The largest absolute Gasteiger partial charge is 0.501 e. The molecule has 0 fully saturated rings. The Morgan fingerprint density at radius 3 is 2.36 bits per heavy atom. The lowest BCUT2D eigenvalue weighted by molar-refractivity contribution is 0.100. The van der Waals surface area contributed by atoms with Crippen molar-refractivity contribution in [1.82, 2.24) is 5.32 Å². The van der Waals surface area contributed by atoms with Crippen LogP contribution in [-0.4, -0.2) is 42.8 Å². The van der Waals surface area contributed by atoms with Crippen molar-refractivity contribution in [1.29, 1.82) is 0 Å². The summed E-state index contributed by atoms with van der Waals surface area (Å²) in [7, 11) is 0.761. The molecule has 0 spiro atoms. The third-order valence-electron chi connectivity index (χ3n) is 2.01. The Morgan fingerprint density at radius 2 is 1.93 bits per heavy atom. The van der Waals surface area contributed by atoms with Gasteiger partial charge in [-0.3, -0.25) is 0 Å². The zero-order chi connectivity index (χ0) is 10.9. The van der Waals surface area contributed by atoms with E-state index in [1.807, 2.05) is 0 Å². The van der Waals surface area contributed by atoms with E-state index < -0.39 is 8.80 Å². The highest BCUT2D eigenvalue weighted by atomic mass is 28.4. The molecule has 86 valence electrons. The molecule has 0 saturated heterocycles. The van der Waals surface area contributed by atoms with Crippen LogP contribution in [0.3, 0.4) is 0 Å². The van der Waals surface area contributed by atoms with Gasteiger partial charge >= 0.3 is 8.80 Å². The summed E-state index contributed by atoms with van der Waals surface area (Å²) in [5.74, 6) is 0. The summed E-state index contributed by atoms with van der Waals surface area (Å²) in [6.45, 7) is 4.15. The standard InChI is InChI=1S/C8H22N2O3Si/c1-4-10-6-5-7-14(11-2,12-3)13-8-9/h10H,4-9H2,1-3H3. The van der Waals surface area contributed by atoms with Crippen LogP contribution in [0, 0.1) is 0 Å². The predicted molar refractivity (Wildman–Crippen MR) is 57.9 cm³/mol. The van der Waals surface area contributed by atoms with Crippen LogP contribution >= 0.6 is 0 Å². The molecule has 0 aliphatic rings. The summed E-state index contributed by atoms with van der Waals surface area (Å²) >= 11 is 0. The fraction of sp³-hybridized carbons (Fsp3) is 1.00. The van der Waals surface area contributed by atoms with Crippen LogP contribution in [0.5, 0.6) is 0 Å². The van der Waals surface area contributed by atoms with Gasteiger partial charge in [-0.05, 0) is 19.5 Å². The number of hydrogen-bond acceptors (Lipinski definition) is 5. The lowest BCUT2D eigenvalue weighted by atomic mass is 10.5. The van der Waals surface area contributed by atoms with E-state index in [2.05, 4.69) is 12.2 Å². The molecule has 0 rings (SSSR count). The molecule has 0 aromatic carbocycles. The highest BCUT2D eigenvalue weighted by molar-refractivity contribution is 6.60. The van der Waals surface area contributed by atoms with Crippen LogP contribution in [0.1, 0.15) is 13.3 Å². The molecule has 0 radical (unpaired) electrons. The van der Waals surface area contributed by atoms with Crippen LogP contribution in [0.15, 0.2) is 0 Å². The van der Waals surface area contributed by atoms with Crippen molar-refractivity contribution in [3.8, 4) is 0 Å². The van der Waals surface area contributed by atoms with Crippen LogP contribution < -0.4 is 11.1 Å². The average Bonchev–Trinajstić information content (AvgIpc) is 2.23. The third-order valence-corrected chi connectivity index (χ3v) is 4.83. The minimum absolute atomic E-state index is 0.148. The molecule has 14 heavy (non-hydrogen) atoms. The minimum atomic E-state index is -2.46. The molecule has 0 unspecified atom stereocenters. The molecule has 3 N–H and O–H groups in total. The molecule has 0 aliphatic carbocycles. The summed E-state index contributed by atoms with van der Waals surface area (Å²) in [4.78, 5) is 0. The third kappa shape index (κ3) is 5.04. The zero-order valence-electron chi connectivity index (χ0n) is 9.34.